The maximum absolute atomic E-state index is 5.58. The summed E-state index contributed by atoms with van der Waals surface area (Å²) < 4.78 is 5.39. The predicted molar refractivity (Wildman–Crippen MR) is 53.0 cm³/mol. The minimum atomic E-state index is 0.334. The summed E-state index contributed by atoms with van der Waals surface area (Å²) in [7, 11) is 0. The first-order chi connectivity index (χ1) is 6.84. The second-order valence-electron chi connectivity index (χ2n) is 4.21. The van der Waals surface area contributed by atoms with Crippen LogP contribution in [0.1, 0.15) is 36.6 Å². The summed E-state index contributed by atoms with van der Waals surface area (Å²) in [5.41, 5.74) is 6.70. The van der Waals surface area contributed by atoms with Gasteiger partial charge in [0.15, 0.2) is 0 Å². The summed E-state index contributed by atoms with van der Waals surface area (Å²) in [5.74, 6) is 1.56. The first-order valence-electron chi connectivity index (χ1n) is 5.33. The molecule has 1 aromatic rings. The SMILES string of the molecule is Nc1nc2c(o1)CC[C@@H]1NCCC[C@@H]21. The van der Waals surface area contributed by atoms with E-state index in [1.807, 2.05) is 0 Å². The molecule has 0 bridgehead atoms. The number of rotatable bonds is 0. The van der Waals surface area contributed by atoms with E-state index in [2.05, 4.69) is 10.3 Å². The van der Waals surface area contributed by atoms with Crippen molar-refractivity contribution in [2.75, 3.05) is 12.3 Å². The largest absolute Gasteiger partial charge is 0.429 e. The minimum Gasteiger partial charge on any atom is -0.429 e. The van der Waals surface area contributed by atoms with Crippen LogP contribution in [0.2, 0.25) is 0 Å². The first-order valence-corrected chi connectivity index (χ1v) is 5.33. The Hall–Kier alpha value is -1.03. The Morgan fingerprint density at radius 1 is 1.43 bits per heavy atom. The number of nitrogens with two attached hydrogens (primary N) is 1. The van der Waals surface area contributed by atoms with Gasteiger partial charge in [0.1, 0.15) is 5.76 Å². The maximum atomic E-state index is 5.58. The molecule has 1 aromatic heterocycles. The Kier molecular flexibility index (Phi) is 1.77. The van der Waals surface area contributed by atoms with Crippen molar-refractivity contribution in [3.05, 3.63) is 11.5 Å². The van der Waals surface area contributed by atoms with Gasteiger partial charge in [0.05, 0.1) is 5.69 Å². The number of hydrogen-bond acceptors (Lipinski definition) is 4. The molecular weight excluding hydrogens is 178 g/mol. The molecule has 3 rings (SSSR count). The van der Waals surface area contributed by atoms with Crippen LogP contribution in [0, 0.1) is 0 Å². The normalized spacial score (nSPS) is 30.9. The molecule has 0 saturated carbocycles. The summed E-state index contributed by atoms with van der Waals surface area (Å²) >= 11 is 0. The van der Waals surface area contributed by atoms with E-state index in [0.717, 1.165) is 30.8 Å². The quantitative estimate of drug-likeness (QED) is 0.646. The van der Waals surface area contributed by atoms with Crippen molar-refractivity contribution in [3.63, 3.8) is 0 Å². The Morgan fingerprint density at radius 2 is 2.36 bits per heavy atom. The van der Waals surface area contributed by atoms with Gasteiger partial charge in [-0.3, -0.25) is 0 Å². The highest BCUT2D eigenvalue weighted by molar-refractivity contribution is 5.28. The van der Waals surface area contributed by atoms with Crippen LogP contribution in [0.15, 0.2) is 4.42 Å². The first kappa shape index (κ1) is 8.29. The molecule has 76 valence electrons. The minimum absolute atomic E-state index is 0.334. The molecule has 1 aliphatic carbocycles. The van der Waals surface area contributed by atoms with E-state index in [4.69, 9.17) is 10.2 Å². The number of aromatic nitrogens is 1. The van der Waals surface area contributed by atoms with E-state index in [9.17, 15) is 0 Å². The van der Waals surface area contributed by atoms with E-state index < -0.39 is 0 Å². The molecule has 0 radical (unpaired) electrons. The van der Waals surface area contributed by atoms with Crippen molar-refractivity contribution in [3.8, 4) is 0 Å². The fourth-order valence-corrected chi connectivity index (χ4v) is 2.72. The molecule has 1 aliphatic heterocycles. The third-order valence-corrected chi connectivity index (χ3v) is 3.36. The van der Waals surface area contributed by atoms with Crippen molar-refractivity contribution in [2.45, 2.75) is 37.6 Å². The zero-order valence-corrected chi connectivity index (χ0v) is 8.12. The van der Waals surface area contributed by atoms with Crippen LogP contribution in [0.3, 0.4) is 0 Å². The van der Waals surface area contributed by atoms with Gasteiger partial charge in [0.25, 0.3) is 6.01 Å². The number of nitrogen functional groups attached to an aromatic ring is 1. The number of oxazole rings is 1. The van der Waals surface area contributed by atoms with Crippen LogP contribution >= 0.6 is 0 Å². The van der Waals surface area contributed by atoms with Gasteiger partial charge in [-0.1, -0.05) is 0 Å². The average Bonchev–Trinajstić information content (AvgIpc) is 2.59. The fourth-order valence-electron chi connectivity index (χ4n) is 2.72. The van der Waals surface area contributed by atoms with Crippen molar-refractivity contribution in [2.24, 2.45) is 0 Å². The molecule has 0 amide bonds. The molecule has 1 fully saturated rings. The fraction of sp³-hybridized carbons (Fsp3) is 0.700. The van der Waals surface area contributed by atoms with Gasteiger partial charge in [0, 0.05) is 18.4 Å². The molecule has 4 heteroatoms. The van der Waals surface area contributed by atoms with Crippen molar-refractivity contribution < 1.29 is 4.42 Å². The smallest absolute Gasteiger partial charge is 0.292 e. The number of hydrogen-bond donors (Lipinski definition) is 2. The molecule has 3 N–H and O–H groups in total. The van der Waals surface area contributed by atoms with Crippen LogP contribution in [0.25, 0.3) is 0 Å². The predicted octanol–water partition coefficient (Wildman–Crippen LogP) is 1.04. The molecule has 1 saturated heterocycles. The number of nitrogens with one attached hydrogen (secondary N) is 1. The Morgan fingerprint density at radius 3 is 3.29 bits per heavy atom. The van der Waals surface area contributed by atoms with Gasteiger partial charge in [0.2, 0.25) is 0 Å². The highest BCUT2D eigenvalue weighted by Gasteiger charge is 2.34. The highest BCUT2D eigenvalue weighted by atomic mass is 16.4. The second-order valence-corrected chi connectivity index (χ2v) is 4.21. The van der Waals surface area contributed by atoms with Crippen molar-refractivity contribution in [1.29, 1.82) is 0 Å². The van der Waals surface area contributed by atoms with Gasteiger partial charge in [-0.25, -0.2) is 0 Å². The Balaban J connectivity index is 1.98. The highest BCUT2D eigenvalue weighted by Crippen LogP contribution is 2.37. The van der Waals surface area contributed by atoms with Crippen molar-refractivity contribution in [1.82, 2.24) is 10.3 Å². The summed E-state index contributed by atoms with van der Waals surface area (Å²) in [6.45, 7) is 1.14. The van der Waals surface area contributed by atoms with E-state index in [0.29, 0.717) is 18.0 Å². The number of fused-ring (bicyclic) bond motifs is 3. The summed E-state index contributed by atoms with van der Waals surface area (Å²) in [6.07, 6.45) is 4.59. The van der Waals surface area contributed by atoms with Gasteiger partial charge in [-0.15, -0.1) is 0 Å². The monoisotopic (exact) mass is 193 g/mol. The van der Waals surface area contributed by atoms with Crippen LogP contribution in [0.5, 0.6) is 0 Å². The van der Waals surface area contributed by atoms with Gasteiger partial charge in [-0.2, -0.15) is 4.98 Å². The molecule has 0 spiro atoms. The number of nitrogens with zero attached hydrogens (tertiary/aromatic N) is 1. The summed E-state index contributed by atoms with van der Waals surface area (Å²) in [5, 5.41) is 3.55. The molecular formula is C10H15N3O. The molecule has 4 nitrogen and oxygen atoms in total. The number of aryl methyl sites for hydroxylation is 1. The summed E-state index contributed by atoms with van der Waals surface area (Å²) in [6, 6.07) is 0.932. The molecule has 0 unspecified atom stereocenters. The zero-order valence-electron chi connectivity index (χ0n) is 8.12. The van der Waals surface area contributed by atoms with Crippen LogP contribution in [-0.4, -0.2) is 17.6 Å². The van der Waals surface area contributed by atoms with E-state index in [-0.39, 0.29) is 0 Å². The van der Waals surface area contributed by atoms with Gasteiger partial charge >= 0.3 is 0 Å². The Labute approximate surface area is 82.9 Å². The number of anilines is 1. The third kappa shape index (κ3) is 1.14. The van der Waals surface area contributed by atoms with E-state index >= 15 is 0 Å². The summed E-state index contributed by atoms with van der Waals surface area (Å²) in [4.78, 5) is 4.31. The third-order valence-electron chi connectivity index (χ3n) is 3.36. The van der Waals surface area contributed by atoms with Gasteiger partial charge in [-0.05, 0) is 25.8 Å². The topological polar surface area (TPSA) is 64.1 Å². The van der Waals surface area contributed by atoms with E-state index in [1.165, 1.54) is 12.8 Å². The lowest BCUT2D eigenvalue weighted by molar-refractivity contribution is 0.302. The second kappa shape index (κ2) is 2.98. The molecule has 2 atom stereocenters. The lowest BCUT2D eigenvalue weighted by Gasteiger charge is -2.34. The maximum Gasteiger partial charge on any atom is 0.292 e. The molecule has 0 aromatic carbocycles. The van der Waals surface area contributed by atoms with Crippen molar-refractivity contribution >= 4 is 6.01 Å². The molecule has 14 heavy (non-hydrogen) atoms. The number of piperidine rings is 1. The molecule has 2 aliphatic rings. The van der Waals surface area contributed by atoms with Gasteiger partial charge < -0.3 is 15.5 Å². The lowest BCUT2D eigenvalue weighted by atomic mass is 9.80. The van der Waals surface area contributed by atoms with Crippen LogP contribution in [0.4, 0.5) is 6.01 Å². The standard InChI is InChI=1S/C10H15N3O/c11-10-13-9-6-2-1-5-12-7(6)3-4-8(9)14-10/h6-7,12H,1-5H2,(H2,11,13)/t6-,7+/m1/s1. The Bertz CT molecular complexity index is 347. The molecule has 2 heterocycles. The van der Waals surface area contributed by atoms with Crippen LogP contribution < -0.4 is 11.1 Å². The van der Waals surface area contributed by atoms with E-state index in [1.54, 1.807) is 0 Å². The lowest BCUT2D eigenvalue weighted by Crippen LogP contribution is -2.42. The van der Waals surface area contributed by atoms with Crippen LogP contribution in [-0.2, 0) is 6.42 Å². The zero-order chi connectivity index (χ0) is 9.54. The average molecular weight is 193 g/mol.